The van der Waals surface area contributed by atoms with Crippen molar-refractivity contribution in [2.45, 2.75) is 48.1 Å². The monoisotopic (exact) mass is 439 g/mol. The minimum atomic E-state index is 0.404. The van der Waals surface area contributed by atoms with Crippen molar-refractivity contribution in [1.82, 2.24) is 19.5 Å². The van der Waals surface area contributed by atoms with E-state index in [9.17, 15) is 0 Å². The highest BCUT2D eigenvalue weighted by molar-refractivity contribution is 9.09. The molecule has 0 aliphatic heterocycles. The molecule has 0 bridgehead atoms. The summed E-state index contributed by atoms with van der Waals surface area (Å²) in [7, 11) is 0. The molecule has 2 heterocycles. The second-order valence-corrected chi connectivity index (χ2v) is 9.01. The third-order valence-electron chi connectivity index (χ3n) is 3.73. The fourth-order valence-electron chi connectivity index (χ4n) is 2.61. The molecule has 5 nitrogen and oxygen atoms in total. The van der Waals surface area contributed by atoms with Crippen LogP contribution >= 0.6 is 39.3 Å². The van der Waals surface area contributed by atoms with Gasteiger partial charge in [0.05, 0.1) is 0 Å². The molecule has 1 aromatic carbocycles. The lowest BCUT2D eigenvalue weighted by molar-refractivity contribution is 0.582. The second kappa shape index (κ2) is 7.93. The van der Waals surface area contributed by atoms with Crippen molar-refractivity contribution in [3.05, 3.63) is 35.1 Å². The molecule has 1 unspecified atom stereocenters. The summed E-state index contributed by atoms with van der Waals surface area (Å²) >= 11 is 11.4. The molecule has 0 aliphatic rings. The van der Waals surface area contributed by atoms with Crippen LogP contribution in [0, 0.1) is 6.92 Å². The number of fused-ring (bicyclic) bond motifs is 1. The topological polar surface area (TPSA) is 69.6 Å². The van der Waals surface area contributed by atoms with Crippen LogP contribution in [0.4, 0.5) is 5.82 Å². The fourth-order valence-corrected chi connectivity index (χ4v) is 4.36. The maximum absolute atomic E-state index is 6.19. The molecule has 8 heteroatoms. The first-order valence-corrected chi connectivity index (χ1v) is 10.1. The number of nitrogen functional groups attached to an aromatic ring is 1. The number of alkyl halides is 1. The van der Waals surface area contributed by atoms with Gasteiger partial charge in [-0.25, -0.2) is 15.0 Å². The molecular weight excluding hydrogens is 422 g/mol. The molecule has 0 aliphatic carbocycles. The van der Waals surface area contributed by atoms with Crippen LogP contribution in [0.5, 0.6) is 0 Å². The van der Waals surface area contributed by atoms with Crippen molar-refractivity contribution in [2.75, 3.05) is 5.73 Å². The van der Waals surface area contributed by atoms with E-state index in [4.69, 9.17) is 17.3 Å². The van der Waals surface area contributed by atoms with Crippen LogP contribution in [0.3, 0.4) is 0 Å². The predicted molar refractivity (Wildman–Crippen MR) is 108 cm³/mol. The van der Waals surface area contributed by atoms with E-state index in [1.165, 1.54) is 6.33 Å². The van der Waals surface area contributed by atoms with E-state index in [1.807, 2.05) is 19.1 Å². The summed E-state index contributed by atoms with van der Waals surface area (Å²) in [5.41, 5.74) is 8.53. The van der Waals surface area contributed by atoms with Crippen molar-refractivity contribution in [3.8, 4) is 0 Å². The molecule has 1 atom stereocenters. The third-order valence-corrected chi connectivity index (χ3v) is 5.38. The van der Waals surface area contributed by atoms with E-state index >= 15 is 0 Å². The Morgan fingerprint density at radius 1 is 1.32 bits per heavy atom. The Labute approximate surface area is 164 Å². The molecule has 0 spiro atoms. The van der Waals surface area contributed by atoms with E-state index in [0.29, 0.717) is 16.2 Å². The number of nitrogens with two attached hydrogens (primary N) is 1. The number of aromatic nitrogens is 4. The molecule has 3 rings (SSSR count). The van der Waals surface area contributed by atoms with Gasteiger partial charge in [-0.1, -0.05) is 46.2 Å². The SMILES string of the molecule is Cc1cc(Cl)cc(Sc2nc3c(N)ncnc3n2CCCC(C)Br)c1. The van der Waals surface area contributed by atoms with Crippen molar-refractivity contribution in [2.24, 2.45) is 0 Å². The minimum absolute atomic E-state index is 0.404. The number of aryl methyl sites for hydroxylation is 2. The van der Waals surface area contributed by atoms with Crippen LogP contribution in [0.25, 0.3) is 11.2 Å². The van der Waals surface area contributed by atoms with Gasteiger partial charge in [0.2, 0.25) is 0 Å². The van der Waals surface area contributed by atoms with E-state index in [1.54, 1.807) is 11.8 Å². The van der Waals surface area contributed by atoms with Gasteiger partial charge >= 0.3 is 0 Å². The zero-order chi connectivity index (χ0) is 18.0. The number of halogens is 2. The first-order valence-electron chi connectivity index (χ1n) is 8.00. The molecule has 0 amide bonds. The Balaban J connectivity index is 1.98. The molecule has 2 N–H and O–H groups in total. The van der Waals surface area contributed by atoms with Gasteiger partial charge in [-0.3, -0.25) is 0 Å². The molecule has 0 saturated heterocycles. The number of benzene rings is 1. The van der Waals surface area contributed by atoms with Crippen molar-refractivity contribution in [3.63, 3.8) is 0 Å². The van der Waals surface area contributed by atoms with Crippen LogP contribution in [0.2, 0.25) is 5.02 Å². The zero-order valence-electron chi connectivity index (χ0n) is 14.0. The quantitative estimate of drug-likeness (QED) is 0.541. The summed E-state index contributed by atoms with van der Waals surface area (Å²) < 4.78 is 2.11. The molecule has 0 saturated carbocycles. The Morgan fingerprint density at radius 2 is 2.12 bits per heavy atom. The number of anilines is 1. The summed E-state index contributed by atoms with van der Waals surface area (Å²) in [6.45, 7) is 5.00. The maximum Gasteiger partial charge on any atom is 0.175 e. The van der Waals surface area contributed by atoms with Crippen molar-refractivity contribution in [1.29, 1.82) is 0 Å². The largest absolute Gasteiger partial charge is 0.382 e. The van der Waals surface area contributed by atoms with Gasteiger partial charge in [-0.05, 0) is 43.5 Å². The first kappa shape index (κ1) is 18.5. The molecule has 0 fully saturated rings. The lowest BCUT2D eigenvalue weighted by Gasteiger charge is -2.09. The molecule has 3 aromatic rings. The second-order valence-electron chi connectivity index (χ2n) is 5.97. The summed E-state index contributed by atoms with van der Waals surface area (Å²) in [5.74, 6) is 0.404. The predicted octanol–water partition coefficient (Wildman–Crippen LogP) is 5.09. The van der Waals surface area contributed by atoms with Crippen molar-refractivity contribution < 1.29 is 0 Å². The van der Waals surface area contributed by atoms with E-state index in [0.717, 1.165) is 45.7 Å². The van der Waals surface area contributed by atoms with E-state index in [-0.39, 0.29) is 0 Å². The number of imidazole rings is 1. The van der Waals surface area contributed by atoms with Crippen molar-refractivity contribution >= 4 is 56.3 Å². The third kappa shape index (κ3) is 4.46. The van der Waals surface area contributed by atoms with Crippen LogP contribution in [-0.2, 0) is 6.54 Å². The fraction of sp³-hybridized carbons (Fsp3) is 0.353. The Kier molecular flexibility index (Phi) is 5.86. The molecule has 25 heavy (non-hydrogen) atoms. The highest BCUT2D eigenvalue weighted by Crippen LogP contribution is 2.33. The summed E-state index contributed by atoms with van der Waals surface area (Å²) in [6.07, 6.45) is 3.57. The zero-order valence-corrected chi connectivity index (χ0v) is 17.2. The normalized spacial score (nSPS) is 12.6. The first-order chi connectivity index (χ1) is 11.9. The van der Waals surface area contributed by atoms with E-state index in [2.05, 4.69) is 48.4 Å². The Hall–Kier alpha value is -1.31. The van der Waals surface area contributed by atoms with Gasteiger partial charge in [0.1, 0.15) is 6.33 Å². The van der Waals surface area contributed by atoms with Crippen LogP contribution in [0.15, 0.2) is 34.6 Å². The van der Waals surface area contributed by atoms with Crippen LogP contribution in [-0.4, -0.2) is 24.3 Å². The minimum Gasteiger partial charge on any atom is -0.382 e. The van der Waals surface area contributed by atoms with Crippen LogP contribution < -0.4 is 5.73 Å². The lowest BCUT2D eigenvalue weighted by atomic mass is 10.2. The number of rotatable bonds is 6. The van der Waals surface area contributed by atoms with Gasteiger partial charge in [0, 0.05) is 21.3 Å². The average molecular weight is 441 g/mol. The smallest absolute Gasteiger partial charge is 0.175 e. The van der Waals surface area contributed by atoms with E-state index < -0.39 is 0 Å². The Morgan fingerprint density at radius 3 is 2.84 bits per heavy atom. The van der Waals surface area contributed by atoms with Gasteiger partial charge in [-0.2, -0.15) is 0 Å². The molecular formula is C17H19BrClN5S. The van der Waals surface area contributed by atoms with Gasteiger partial charge in [-0.15, -0.1) is 0 Å². The maximum atomic E-state index is 6.19. The summed E-state index contributed by atoms with van der Waals surface area (Å²) in [5, 5.41) is 1.57. The molecule has 0 radical (unpaired) electrons. The Bertz CT molecular complexity index is 876. The number of hydrogen-bond donors (Lipinski definition) is 1. The standard InChI is InChI=1S/C17H19BrClN5S/c1-10-6-12(19)8-13(7-10)25-17-23-14-15(20)21-9-22-16(14)24(17)5-3-4-11(2)18/h6-9,11H,3-5H2,1-2H3,(H2,20,21,22). The van der Waals surface area contributed by atoms with Gasteiger partial charge in [0.15, 0.2) is 22.1 Å². The highest BCUT2D eigenvalue weighted by Gasteiger charge is 2.16. The number of nitrogens with zero attached hydrogens (tertiary/aromatic N) is 4. The van der Waals surface area contributed by atoms with Gasteiger partial charge < -0.3 is 10.3 Å². The average Bonchev–Trinajstić information content (AvgIpc) is 2.85. The number of hydrogen-bond acceptors (Lipinski definition) is 5. The lowest BCUT2D eigenvalue weighted by Crippen LogP contribution is -2.03. The molecule has 132 valence electrons. The molecule has 2 aromatic heterocycles. The van der Waals surface area contributed by atoms with Crippen LogP contribution in [0.1, 0.15) is 25.3 Å². The summed E-state index contributed by atoms with van der Waals surface area (Å²) in [6, 6.07) is 5.98. The summed E-state index contributed by atoms with van der Waals surface area (Å²) in [4.78, 5) is 14.7. The van der Waals surface area contributed by atoms with Gasteiger partial charge in [0.25, 0.3) is 0 Å². The highest BCUT2D eigenvalue weighted by atomic mass is 79.9.